The van der Waals surface area contributed by atoms with Crippen LogP contribution in [0.3, 0.4) is 0 Å². The summed E-state index contributed by atoms with van der Waals surface area (Å²) in [4.78, 5) is 0. The van der Waals surface area contributed by atoms with E-state index >= 15 is 0 Å². The summed E-state index contributed by atoms with van der Waals surface area (Å²) in [7, 11) is 0. The van der Waals surface area contributed by atoms with Crippen LogP contribution in [0.2, 0.25) is 0 Å². The Morgan fingerprint density at radius 2 is 1.19 bits per heavy atom. The first-order valence-electron chi connectivity index (χ1n) is 11.5. The summed E-state index contributed by atoms with van der Waals surface area (Å²) in [6.07, 6.45) is 9.53. The molecule has 0 saturated heterocycles. The number of phenols is 1. The van der Waals surface area contributed by atoms with Gasteiger partial charge in [-0.2, -0.15) is 0 Å². The Hall–Kier alpha value is -1.50. The summed E-state index contributed by atoms with van der Waals surface area (Å²) < 4.78 is 0. The van der Waals surface area contributed by atoms with Gasteiger partial charge in [-0.25, -0.2) is 0 Å². The topological polar surface area (TPSA) is 20.2 Å². The monoisotopic (exact) mass is 370 g/mol. The van der Waals surface area contributed by atoms with Gasteiger partial charge in [-0.05, 0) is 67.2 Å². The molecular weight excluding hydrogens is 328 g/mol. The van der Waals surface area contributed by atoms with Gasteiger partial charge in [-0.1, -0.05) is 84.4 Å². The average molecular weight is 371 g/mol. The van der Waals surface area contributed by atoms with Crippen LogP contribution >= 0.6 is 0 Å². The highest BCUT2D eigenvalue weighted by molar-refractivity contribution is 5.87. The normalized spacial score (nSPS) is 26.1. The molecule has 1 heteroatoms. The Kier molecular flexibility index (Phi) is 11.2. The van der Waals surface area contributed by atoms with Crippen molar-refractivity contribution in [3.8, 4) is 5.75 Å². The van der Waals surface area contributed by atoms with E-state index in [2.05, 4.69) is 0 Å². The van der Waals surface area contributed by atoms with Crippen molar-refractivity contribution < 1.29 is 5.11 Å². The summed E-state index contributed by atoms with van der Waals surface area (Å²) in [5, 5.41) is 11.4. The highest BCUT2D eigenvalue weighted by Gasteiger charge is 2.48. The third kappa shape index (κ3) is 5.74. The maximum absolute atomic E-state index is 9.37. The first-order valence-corrected chi connectivity index (χ1v) is 11.5. The van der Waals surface area contributed by atoms with E-state index in [1.165, 1.54) is 23.7 Å². The largest absolute Gasteiger partial charge is 0.507 e. The Balaban J connectivity index is 0.000000213. The van der Waals surface area contributed by atoms with Gasteiger partial charge in [-0.15, -0.1) is 0 Å². The minimum absolute atomic E-state index is 0.350. The van der Waals surface area contributed by atoms with Crippen molar-refractivity contribution in [2.24, 2.45) is 23.7 Å². The van der Waals surface area contributed by atoms with E-state index in [0.717, 1.165) is 10.8 Å². The molecule has 152 valence electrons. The molecule has 2 aromatic carbocycles. The van der Waals surface area contributed by atoms with E-state index in [9.17, 15) is 5.11 Å². The second-order valence-corrected chi connectivity index (χ2v) is 7.09. The Morgan fingerprint density at radius 1 is 0.667 bits per heavy atom. The van der Waals surface area contributed by atoms with Crippen LogP contribution in [-0.4, -0.2) is 5.11 Å². The van der Waals surface area contributed by atoms with Crippen molar-refractivity contribution >= 4 is 10.8 Å². The van der Waals surface area contributed by atoms with Crippen molar-refractivity contribution in [2.75, 3.05) is 0 Å². The minimum atomic E-state index is 0.350. The third-order valence-electron chi connectivity index (χ3n) is 6.12. The van der Waals surface area contributed by atoms with Crippen LogP contribution in [0.15, 0.2) is 42.5 Å². The summed E-state index contributed by atoms with van der Waals surface area (Å²) in [6, 6.07) is 13.3. The predicted molar refractivity (Wildman–Crippen MR) is 121 cm³/mol. The van der Waals surface area contributed by atoms with Gasteiger partial charge in [0.05, 0.1) is 0 Å². The lowest BCUT2D eigenvalue weighted by Crippen LogP contribution is -2.15. The molecule has 0 heterocycles. The second kappa shape index (κ2) is 12.8. The van der Waals surface area contributed by atoms with Crippen LogP contribution in [-0.2, 0) is 0 Å². The molecule has 3 aliphatic rings. The quantitative estimate of drug-likeness (QED) is 0.493. The lowest BCUT2D eigenvalue weighted by molar-refractivity contribution is 0.259. The van der Waals surface area contributed by atoms with Gasteiger partial charge in [0.1, 0.15) is 5.75 Å². The number of benzene rings is 2. The molecule has 1 N–H and O–H groups in total. The van der Waals surface area contributed by atoms with Gasteiger partial charge < -0.3 is 5.11 Å². The van der Waals surface area contributed by atoms with Crippen LogP contribution in [0, 0.1) is 23.7 Å². The van der Waals surface area contributed by atoms with E-state index in [0.29, 0.717) is 5.75 Å². The molecule has 1 nitrogen and oxygen atoms in total. The number of hydrogen-bond acceptors (Lipinski definition) is 1. The van der Waals surface area contributed by atoms with Gasteiger partial charge in [0, 0.05) is 5.39 Å². The Bertz CT molecular complexity index is 612. The Morgan fingerprint density at radius 3 is 1.74 bits per heavy atom. The van der Waals surface area contributed by atoms with E-state index in [1.54, 1.807) is 44.6 Å². The van der Waals surface area contributed by atoms with E-state index in [-0.39, 0.29) is 0 Å². The van der Waals surface area contributed by atoms with Crippen molar-refractivity contribution in [1.82, 2.24) is 0 Å². The zero-order valence-electron chi connectivity index (χ0n) is 18.5. The van der Waals surface area contributed by atoms with Crippen LogP contribution in [0.25, 0.3) is 10.8 Å². The number of aromatic hydroxyl groups is 1. The summed E-state index contributed by atoms with van der Waals surface area (Å²) >= 11 is 0. The summed E-state index contributed by atoms with van der Waals surface area (Å²) in [5.74, 6) is 5.15. The number of rotatable bonds is 0. The molecule has 4 unspecified atom stereocenters. The lowest BCUT2D eigenvalue weighted by atomic mass is 9.82. The van der Waals surface area contributed by atoms with Crippen molar-refractivity contribution in [3.63, 3.8) is 0 Å². The molecule has 0 radical (unpaired) electrons. The molecule has 2 bridgehead atoms. The molecular formula is C26H42O. The molecule has 0 aliphatic heterocycles. The number of phenolic OH excluding ortho intramolecular Hbond substituents is 1. The van der Waals surface area contributed by atoms with Gasteiger partial charge in [-0.3, -0.25) is 0 Å². The Labute approximate surface area is 168 Å². The van der Waals surface area contributed by atoms with Crippen LogP contribution in [0.1, 0.15) is 80.1 Å². The highest BCUT2D eigenvalue weighted by atomic mass is 16.3. The number of fused-ring (bicyclic) bond motifs is 6. The molecule has 3 aliphatic carbocycles. The average Bonchev–Trinajstić information content (AvgIpc) is 3.49. The summed E-state index contributed by atoms with van der Waals surface area (Å²) in [5.41, 5.74) is 0. The molecule has 5 rings (SSSR count). The van der Waals surface area contributed by atoms with Crippen LogP contribution in [0.5, 0.6) is 5.75 Å². The second-order valence-electron chi connectivity index (χ2n) is 7.09. The van der Waals surface area contributed by atoms with Crippen molar-refractivity contribution in [1.29, 1.82) is 0 Å². The highest BCUT2D eigenvalue weighted by Crippen LogP contribution is 2.58. The molecule has 3 fully saturated rings. The van der Waals surface area contributed by atoms with Crippen molar-refractivity contribution in [2.45, 2.75) is 80.1 Å². The molecule has 0 amide bonds. The van der Waals surface area contributed by atoms with E-state index in [1.807, 2.05) is 77.9 Å². The van der Waals surface area contributed by atoms with Gasteiger partial charge >= 0.3 is 0 Å². The maximum atomic E-state index is 9.37. The van der Waals surface area contributed by atoms with Gasteiger partial charge in [0.15, 0.2) is 0 Å². The smallest absolute Gasteiger partial charge is 0.123 e. The lowest BCUT2D eigenvalue weighted by Gasteiger charge is -2.23. The third-order valence-corrected chi connectivity index (χ3v) is 6.12. The first kappa shape index (κ1) is 23.5. The summed E-state index contributed by atoms with van der Waals surface area (Å²) in [6.45, 7) is 12.0. The molecule has 2 aromatic rings. The molecule has 27 heavy (non-hydrogen) atoms. The zero-order valence-corrected chi connectivity index (χ0v) is 18.5. The maximum Gasteiger partial charge on any atom is 0.123 e. The molecule has 3 saturated carbocycles. The van der Waals surface area contributed by atoms with Gasteiger partial charge in [0.25, 0.3) is 0 Å². The predicted octanol–water partition coefficient (Wildman–Crippen LogP) is 8.46. The zero-order chi connectivity index (χ0) is 20.2. The van der Waals surface area contributed by atoms with Crippen molar-refractivity contribution in [3.05, 3.63) is 42.5 Å². The fraction of sp³-hybridized carbons (Fsp3) is 0.615. The first-order chi connectivity index (χ1) is 13.3. The molecule has 0 spiro atoms. The SMILES string of the molecule is C1CC2C3CCC(C3)C2C1.CC.CC.CC.Oc1cccc2ccccc12. The van der Waals surface area contributed by atoms with Crippen LogP contribution < -0.4 is 0 Å². The van der Waals surface area contributed by atoms with E-state index in [4.69, 9.17) is 0 Å². The van der Waals surface area contributed by atoms with E-state index < -0.39 is 0 Å². The molecule has 4 atom stereocenters. The fourth-order valence-corrected chi connectivity index (χ4v) is 5.23. The van der Waals surface area contributed by atoms with Crippen LogP contribution in [0.4, 0.5) is 0 Å². The molecule has 0 aromatic heterocycles. The standard InChI is InChI=1S/C10H8O.C10H16.3C2H6/c11-10-7-3-5-8-4-1-2-6-9(8)10;1-2-9-7-4-5-8(6-7)10(9)3-1;3*1-2/h1-7,11H;7-10H,1-6H2;3*1-2H3. The minimum Gasteiger partial charge on any atom is -0.507 e. The fourth-order valence-electron chi connectivity index (χ4n) is 5.23. The van der Waals surface area contributed by atoms with Gasteiger partial charge in [0.2, 0.25) is 0 Å². The number of hydrogen-bond donors (Lipinski definition) is 1.